The maximum Gasteiger partial charge on any atom is 0.340 e. The largest absolute Gasteiger partial charge is 0.454 e. The number of esters is 1. The van der Waals surface area contributed by atoms with E-state index in [0.29, 0.717) is 11.6 Å². The molecule has 11 nitrogen and oxygen atoms in total. The fraction of sp³-hybridized carbons (Fsp3) is 0.0357. The van der Waals surface area contributed by atoms with Crippen LogP contribution in [0.1, 0.15) is 31.1 Å². The maximum atomic E-state index is 12.8. The number of nitrogens with one attached hydrogen (secondary N) is 1. The molecule has 194 valence electrons. The number of Topliss-reactive ketones (excluding diaryl/α,β-unsaturated/α-hetero) is 1. The Balaban J connectivity index is 1.45. The van der Waals surface area contributed by atoms with Gasteiger partial charge in [0.05, 0.1) is 27.2 Å². The summed E-state index contributed by atoms with van der Waals surface area (Å²) in [6.45, 7) is -0.556. The number of ketones is 1. The summed E-state index contributed by atoms with van der Waals surface area (Å²) in [6, 6.07) is 24.7. The van der Waals surface area contributed by atoms with Crippen LogP contribution in [0.2, 0.25) is 0 Å². The van der Waals surface area contributed by atoms with Crippen LogP contribution >= 0.6 is 0 Å². The lowest BCUT2D eigenvalue weighted by Gasteiger charge is -2.11. The normalized spacial score (nSPS) is 10.4. The highest BCUT2D eigenvalue weighted by atomic mass is 16.6. The Hall–Kier alpha value is -5.71. The number of amides is 1. The minimum Gasteiger partial charge on any atom is -0.454 e. The molecule has 4 aromatic carbocycles. The number of hydrogen-bond acceptors (Lipinski definition) is 8. The minimum atomic E-state index is -0.966. The van der Waals surface area contributed by atoms with E-state index in [-0.39, 0.29) is 11.3 Å². The number of benzene rings is 4. The van der Waals surface area contributed by atoms with Crippen molar-refractivity contribution in [2.45, 2.75) is 0 Å². The first kappa shape index (κ1) is 26.4. The lowest BCUT2D eigenvalue weighted by molar-refractivity contribution is -0.394. The van der Waals surface area contributed by atoms with Crippen LogP contribution < -0.4 is 5.32 Å². The zero-order chi connectivity index (χ0) is 27.9. The Morgan fingerprint density at radius 2 is 1.36 bits per heavy atom. The van der Waals surface area contributed by atoms with E-state index in [0.717, 1.165) is 23.3 Å². The van der Waals surface area contributed by atoms with Crippen LogP contribution in [-0.2, 0) is 4.74 Å². The number of nitro groups is 2. The van der Waals surface area contributed by atoms with Crippen LogP contribution in [0.15, 0.2) is 97.1 Å². The van der Waals surface area contributed by atoms with Crippen molar-refractivity contribution in [2.75, 3.05) is 11.9 Å². The van der Waals surface area contributed by atoms with Crippen LogP contribution in [0.4, 0.5) is 17.1 Å². The predicted octanol–water partition coefficient (Wildman–Crippen LogP) is 5.46. The van der Waals surface area contributed by atoms with Crippen molar-refractivity contribution in [3.8, 4) is 11.1 Å². The molecule has 11 heteroatoms. The second-order valence-electron chi connectivity index (χ2n) is 8.16. The number of nitrogens with zero attached hydrogens (tertiary/aromatic N) is 2. The molecule has 0 atom stereocenters. The summed E-state index contributed by atoms with van der Waals surface area (Å²) >= 11 is 0. The smallest absolute Gasteiger partial charge is 0.340 e. The number of nitro benzene ring substituents is 2. The van der Waals surface area contributed by atoms with Gasteiger partial charge in [0.2, 0.25) is 0 Å². The van der Waals surface area contributed by atoms with Crippen LogP contribution in [0.25, 0.3) is 11.1 Å². The molecule has 4 rings (SSSR count). The highest BCUT2D eigenvalue weighted by molar-refractivity contribution is 6.10. The number of anilines is 1. The molecular formula is C28H19N3O8. The number of ether oxygens (including phenoxy) is 1. The van der Waals surface area contributed by atoms with Crippen LogP contribution in [-0.4, -0.2) is 34.1 Å². The standard InChI is InChI=1S/C28H19N3O8/c32-26(20-12-10-19(11-13-20)18-6-2-1-3-7-18)17-39-28(34)22-8-4-5-9-24(22)29-27(33)23-15-14-21(30(35)36)16-25(23)31(37)38/h1-16H,17H2,(H,29,33). The third-order valence-electron chi connectivity index (χ3n) is 5.68. The zero-order valence-corrected chi connectivity index (χ0v) is 20.1. The molecule has 1 N–H and O–H groups in total. The Morgan fingerprint density at radius 3 is 2.03 bits per heavy atom. The first-order valence-corrected chi connectivity index (χ1v) is 11.4. The Kier molecular flexibility index (Phi) is 7.81. The average molecular weight is 525 g/mol. The number of non-ortho nitro benzene ring substituents is 1. The molecule has 0 aliphatic rings. The summed E-state index contributed by atoms with van der Waals surface area (Å²) in [6.07, 6.45) is 0. The van der Waals surface area contributed by atoms with Gasteiger partial charge in [0.25, 0.3) is 17.3 Å². The van der Waals surface area contributed by atoms with Crippen molar-refractivity contribution < 1.29 is 29.0 Å². The molecule has 39 heavy (non-hydrogen) atoms. The van der Waals surface area contributed by atoms with Crippen molar-refractivity contribution in [2.24, 2.45) is 0 Å². The summed E-state index contributed by atoms with van der Waals surface area (Å²) in [5.41, 5.74) is 0.356. The summed E-state index contributed by atoms with van der Waals surface area (Å²) in [5.74, 6) is -2.31. The predicted molar refractivity (Wildman–Crippen MR) is 141 cm³/mol. The topological polar surface area (TPSA) is 159 Å². The van der Waals surface area contributed by atoms with Crippen molar-refractivity contribution in [3.05, 3.63) is 134 Å². The number of carbonyl (C=O) groups is 3. The van der Waals surface area contributed by atoms with E-state index in [2.05, 4.69) is 5.32 Å². The van der Waals surface area contributed by atoms with Gasteiger partial charge in [0.1, 0.15) is 5.56 Å². The van der Waals surface area contributed by atoms with Gasteiger partial charge in [-0.15, -0.1) is 0 Å². The minimum absolute atomic E-state index is 0.0280. The van der Waals surface area contributed by atoms with Gasteiger partial charge in [0.15, 0.2) is 12.4 Å². The van der Waals surface area contributed by atoms with Gasteiger partial charge in [-0.05, 0) is 29.3 Å². The van der Waals surface area contributed by atoms with Gasteiger partial charge in [0, 0.05) is 11.6 Å². The number of para-hydroxylation sites is 1. The van der Waals surface area contributed by atoms with Gasteiger partial charge >= 0.3 is 5.97 Å². The van der Waals surface area contributed by atoms with E-state index in [4.69, 9.17) is 4.74 Å². The van der Waals surface area contributed by atoms with Crippen molar-refractivity contribution in [1.82, 2.24) is 0 Å². The lowest BCUT2D eigenvalue weighted by atomic mass is 10.0. The molecule has 0 saturated heterocycles. The van der Waals surface area contributed by atoms with E-state index < -0.39 is 51.1 Å². The van der Waals surface area contributed by atoms with Gasteiger partial charge in [-0.1, -0.05) is 66.7 Å². The van der Waals surface area contributed by atoms with Gasteiger partial charge in [-0.25, -0.2) is 4.79 Å². The molecule has 4 aromatic rings. The molecule has 0 fully saturated rings. The molecule has 0 spiro atoms. The highest BCUT2D eigenvalue weighted by Crippen LogP contribution is 2.26. The Morgan fingerprint density at radius 1 is 0.718 bits per heavy atom. The van der Waals surface area contributed by atoms with Gasteiger partial charge in [-0.3, -0.25) is 29.8 Å². The van der Waals surface area contributed by atoms with E-state index in [9.17, 15) is 34.6 Å². The molecule has 0 aliphatic heterocycles. The molecule has 0 aliphatic carbocycles. The molecule has 0 unspecified atom stereocenters. The Bertz CT molecular complexity index is 1580. The van der Waals surface area contributed by atoms with Crippen LogP contribution in [0.5, 0.6) is 0 Å². The molecule has 0 saturated carbocycles. The quantitative estimate of drug-likeness (QED) is 0.130. The fourth-order valence-electron chi connectivity index (χ4n) is 3.71. The second-order valence-corrected chi connectivity index (χ2v) is 8.16. The second kappa shape index (κ2) is 11.6. The third-order valence-corrected chi connectivity index (χ3v) is 5.68. The summed E-state index contributed by atoms with van der Waals surface area (Å²) in [5, 5.41) is 24.7. The van der Waals surface area contributed by atoms with Gasteiger partial charge in [-0.2, -0.15) is 0 Å². The first-order valence-electron chi connectivity index (χ1n) is 11.4. The summed E-state index contributed by atoms with van der Waals surface area (Å²) in [4.78, 5) is 58.7. The number of carbonyl (C=O) groups excluding carboxylic acids is 3. The molecule has 0 heterocycles. The summed E-state index contributed by atoms with van der Waals surface area (Å²) < 4.78 is 5.17. The van der Waals surface area contributed by atoms with E-state index in [1.54, 1.807) is 24.3 Å². The molecule has 1 amide bonds. The monoisotopic (exact) mass is 525 g/mol. The first-order chi connectivity index (χ1) is 18.7. The average Bonchev–Trinajstić information content (AvgIpc) is 2.96. The van der Waals surface area contributed by atoms with Crippen LogP contribution in [0, 0.1) is 20.2 Å². The highest BCUT2D eigenvalue weighted by Gasteiger charge is 2.25. The van der Waals surface area contributed by atoms with E-state index in [1.165, 1.54) is 24.3 Å². The van der Waals surface area contributed by atoms with Crippen molar-refractivity contribution >= 4 is 34.7 Å². The van der Waals surface area contributed by atoms with E-state index >= 15 is 0 Å². The SMILES string of the molecule is O=C(COC(=O)c1ccccc1NC(=O)c1ccc([N+](=O)[O-])cc1[N+](=O)[O-])c1ccc(-c2ccccc2)cc1. The van der Waals surface area contributed by atoms with Crippen molar-refractivity contribution in [1.29, 1.82) is 0 Å². The fourth-order valence-corrected chi connectivity index (χ4v) is 3.71. The molecule has 0 radical (unpaired) electrons. The summed E-state index contributed by atoms with van der Waals surface area (Å²) in [7, 11) is 0. The third kappa shape index (κ3) is 6.17. The molecular weight excluding hydrogens is 506 g/mol. The molecule has 0 bridgehead atoms. The van der Waals surface area contributed by atoms with Gasteiger partial charge < -0.3 is 10.1 Å². The van der Waals surface area contributed by atoms with E-state index in [1.807, 2.05) is 30.3 Å². The number of hydrogen-bond donors (Lipinski definition) is 1. The van der Waals surface area contributed by atoms with Crippen LogP contribution in [0.3, 0.4) is 0 Å². The molecule has 0 aromatic heterocycles. The van der Waals surface area contributed by atoms with Crippen molar-refractivity contribution in [3.63, 3.8) is 0 Å². The number of rotatable bonds is 9. The Labute approximate surface area is 221 Å². The lowest BCUT2D eigenvalue weighted by Crippen LogP contribution is -2.19. The zero-order valence-electron chi connectivity index (χ0n) is 20.1. The maximum absolute atomic E-state index is 12.8.